The van der Waals surface area contributed by atoms with Gasteiger partial charge in [-0.15, -0.1) is 10.2 Å². The molecule has 2 aliphatic heterocycles. The molecular weight excluding hydrogens is 490 g/mol. The molecule has 0 saturated carbocycles. The van der Waals surface area contributed by atoms with Gasteiger partial charge in [-0.05, 0) is 30.8 Å². The van der Waals surface area contributed by atoms with Crippen molar-refractivity contribution in [1.82, 2.24) is 15.1 Å². The smallest absolute Gasteiger partial charge is 0.269 e. The van der Waals surface area contributed by atoms with Gasteiger partial charge >= 0.3 is 0 Å². The van der Waals surface area contributed by atoms with Crippen molar-refractivity contribution in [3.05, 3.63) is 34.4 Å². The first-order valence-corrected chi connectivity index (χ1v) is 11.5. The number of rotatable bonds is 6. The number of aromatic nitrogens is 2. The Bertz CT molecular complexity index is 1100. The van der Waals surface area contributed by atoms with Gasteiger partial charge in [0.15, 0.2) is 11.3 Å². The van der Waals surface area contributed by atoms with Crippen LogP contribution in [0.25, 0.3) is 10.6 Å². The zero-order chi connectivity index (χ0) is 24.7. The van der Waals surface area contributed by atoms with Crippen LogP contribution in [-0.2, 0) is 9.53 Å². The van der Waals surface area contributed by atoms with E-state index in [-0.39, 0.29) is 22.4 Å². The molecule has 1 aromatic heterocycles. The number of non-ortho nitro benzene ring substituents is 1. The van der Waals surface area contributed by atoms with Crippen molar-refractivity contribution in [2.75, 3.05) is 11.5 Å². The molecule has 15 heteroatoms. The second-order valence-electron chi connectivity index (χ2n) is 7.70. The van der Waals surface area contributed by atoms with E-state index in [1.54, 1.807) is 6.92 Å². The van der Waals surface area contributed by atoms with Crippen LogP contribution in [0.2, 0.25) is 0 Å². The molecule has 13 nitrogen and oxygen atoms in total. The molecule has 2 aromatic rings. The van der Waals surface area contributed by atoms with E-state index in [1.807, 2.05) is 0 Å². The number of thiocarbonyl (C=S) groups is 1. The lowest BCUT2D eigenvalue weighted by atomic mass is 9.97. The first-order chi connectivity index (χ1) is 16.2. The molecule has 0 spiro atoms. The van der Waals surface area contributed by atoms with Crippen LogP contribution in [0, 0.1) is 10.1 Å². The Kier molecular flexibility index (Phi) is 6.86. The number of nitrogens with zero attached hydrogens (tertiary/aromatic N) is 5. The van der Waals surface area contributed by atoms with Crippen LogP contribution in [0.1, 0.15) is 13.3 Å². The Labute approximate surface area is 202 Å². The molecule has 1 amide bonds. The normalized spacial score (nSPS) is 29.7. The summed E-state index contributed by atoms with van der Waals surface area (Å²) < 4.78 is 5.62. The average molecular weight is 512 g/mol. The van der Waals surface area contributed by atoms with E-state index in [4.69, 9.17) is 17.0 Å². The third kappa shape index (κ3) is 4.04. The average Bonchev–Trinajstić information content (AvgIpc) is 3.40. The maximum atomic E-state index is 13.2. The molecule has 4 N–H and O–H groups in total. The zero-order valence-electron chi connectivity index (χ0n) is 17.7. The van der Waals surface area contributed by atoms with Gasteiger partial charge in [0, 0.05) is 17.7 Å². The fourth-order valence-electron chi connectivity index (χ4n) is 3.90. The van der Waals surface area contributed by atoms with Crippen LogP contribution in [-0.4, -0.2) is 94.8 Å². The lowest BCUT2D eigenvalue weighted by Crippen LogP contribution is -2.64. The van der Waals surface area contributed by atoms with Crippen LogP contribution in [0.15, 0.2) is 24.3 Å². The van der Waals surface area contributed by atoms with Gasteiger partial charge in [-0.25, -0.2) is 4.90 Å². The summed E-state index contributed by atoms with van der Waals surface area (Å²) in [5.74, 6) is -0.448. The highest BCUT2D eigenvalue weighted by Crippen LogP contribution is 2.36. The molecule has 3 heterocycles. The summed E-state index contributed by atoms with van der Waals surface area (Å²) >= 11 is 6.55. The standard InChI is InChI=1S/C19H21N5O8S2/c1-2-10-16(29)23(18-21-20-15(34-18)8-3-5-9(6-4-8)24(30)31)19(33)22(10)17-14(28)13(27)12(26)11(7-25)32-17/h3-6,10-14,17,25-28H,2,7H2,1H3/t10?,11-,12-,13+,14-,17-/m1/s1. The van der Waals surface area contributed by atoms with Crippen LogP contribution in [0.5, 0.6) is 0 Å². The quantitative estimate of drug-likeness (QED) is 0.224. The topological polar surface area (TPSA) is 183 Å². The highest BCUT2D eigenvalue weighted by molar-refractivity contribution is 7.80. The Morgan fingerprint density at radius 3 is 2.44 bits per heavy atom. The van der Waals surface area contributed by atoms with Crippen molar-refractivity contribution in [1.29, 1.82) is 0 Å². The molecule has 1 aromatic carbocycles. The number of amides is 1. The first kappa shape index (κ1) is 24.5. The van der Waals surface area contributed by atoms with Gasteiger partial charge in [0.25, 0.3) is 11.6 Å². The molecule has 1 unspecified atom stereocenters. The second-order valence-corrected chi connectivity index (χ2v) is 9.02. The second kappa shape index (κ2) is 9.53. The highest BCUT2D eigenvalue weighted by Gasteiger charge is 2.53. The predicted molar refractivity (Wildman–Crippen MR) is 122 cm³/mol. The number of hydrogen-bond donors (Lipinski definition) is 4. The number of hydrogen-bond acceptors (Lipinski definition) is 12. The number of nitro benzene ring substituents is 1. The molecule has 0 radical (unpaired) electrons. The molecule has 0 aliphatic carbocycles. The van der Waals surface area contributed by atoms with Crippen LogP contribution in [0.3, 0.4) is 0 Å². The van der Waals surface area contributed by atoms with E-state index >= 15 is 0 Å². The molecule has 34 heavy (non-hydrogen) atoms. The Balaban J connectivity index is 1.63. The summed E-state index contributed by atoms with van der Waals surface area (Å²) in [7, 11) is 0. The summed E-state index contributed by atoms with van der Waals surface area (Å²) in [6.45, 7) is 1.11. The van der Waals surface area contributed by atoms with Gasteiger partial charge in [-0.1, -0.05) is 18.3 Å². The van der Waals surface area contributed by atoms with Gasteiger partial charge in [0.2, 0.25) is 5.13 Å². The molecule has 6 atom stereocenters. The van der Waals surface area contributed by atoms with Gasteiger partial charge in [-0.3, -0.25) is 14.9 Å². The minimum absolute atomic E-state index is 0.0485. The Morgan fingerprint density at radius 2 is 1.85 bits per heavy atom. The molecule has 4 rings (SSSR count). The Hall–Kier alpha value is -2.66. The van der Waals surface area contributed by atoms with E-state index in [2.05, 4.69) is 10.2 Å². The number of carbonyl (C=O) groups excluding carboxylic acids is 1. The van der Waals surface area contributed by atoms with Gasteiger partial charge < -0.3 is 30.1 Å². The van der Waals surface area contributed by atoms with E-state index in [1.165, 1.54) is 29.2 Å². The number of aliphatic hydroxyl groups is 4. The SMILES string of the molecule is CCC1C(=O)N(c2nnc(-c3ccc([N+](=O)[O-])cc3)s2)C(=S)N1[C@@H]1O[C@H](CO)[C@@H](O)[C@H](O)[C@H]1O. The van der Waals surface area contributed by atoms with Crippen molar-refractivity contribution in [3.8, 4) is 10.6 Å². The number of nitro groups is 1. The van der Waals surface area contributed by atoms with Gasteiger partial charge in [-0.2, -0.15) is 0 Å². The molecule has 2 saturated heterocycles. The van der Waals surface area contributed by atoms with Crippen molar-refractivity contribution >= 4 is 45.4 Å². The number of benzene rings is 1. The summed E-state index contributed by atoms with van der Waals surface area (Å²) in [6, 6.07) is 4.83. The fraction of sp³-hybridized carbons (Fsp3) is 0.474. The number of aliphatic hydroxyl groups excluding tert-OH is 4. The van der Waals surface area contributed by atoms with Crippen LogP contribution >= 0.6 is 23.6 Å². The van der Waals surface area contributed by atoms with E-state index in [0.29, 0.717) is 10.6 Å². The number of ether oxygens (including phenoxy) is 1. The predicted octanol–water partition coefficient (Wildman–Crippen LogP) is -0.375. The van der Waals surface area contributed by atoms with E-state index in [9.17, 15) is 35.3 Å². The molecular formula is C19H21N5O8S2. The highest BCUT2D eigenvalue weighted by atomic mass is 32.1. The summed E-state index contributed by atoms with van der Waals surface area (Å²) in [5.41, 5.74) is 0.482. The number of carbonyl (C=O) groups is 1. The van der Waals surface area contributed by atoms with Crippen LogP contribution < -0.4 is 4.90 Å². The van der Waals surface area contributed by atoms with Crippen molar-refractivity contribution in [3.63, 3.8) is 0 Å². The van der Waals surface area contributed by atoms with Gasteiger partial charge in [0.1, 0.15) is 35.5 Å². The minimum Gasteiger partial charge on any atom is -0.394 e. The fourth-order valence-corrected chi connectivity index (χ4v) is 5.23. The largest absolute Gasteiger partial charge is 0.394 e. The Morgan fingerprint density at radius 1 is 1.18 bits per heavy atom. The maximum Gasteiger partial charge on any atom is 0.269 e. The summed E-state index contributed by atoms with van der Waals surface area (Å²) in [4.78, 5) is 26.1. The van der Waals surface area contributed by atoms with Gasteiger partial charge in [0.05, 0.1) is 11.5 Å². The van der Waals surface area contributed by atoms with Crippen molar-refractivity contribution in [2.45, 2.75) is 50.0 Å². The van der Waals surface area contributed by atoms with E-state index in [0.717, 1.165) is 16.2 Å². The lowest BCUT2D eigenvalue weighted by Gasteiger charge is -2.44. The first-order valence-electron chi connectivity index (χ1n) is 10.2. The monoisotopic (exact) mass is 511 g/mol. The van der Waals surface area contributed by atoms with Crippen molar-refractivity contribution in [2.24, 2.45) is 0 Å². The van der Waals surface area contributed by atoms with Crippen LogP contribution in [0.4, 0.5) is 10.8 Å². The molecule has 182 valence electrons. The summed E-state index contributed by atoms with van der Waals surface area (Å²) in [5, 5.41) is 59.8. The zero-order valence-corrected chi connectivity index (χ0v) is 19.3. The molecule has 0 bridgehead atoms. The lowest BCUT2D eigenvalue weighted by molar-refractivity contribution is -0.384. The maximum absolute atomic E-state index is 13.2. The number of anilines is 1. The third-order valence-electron chi connectivity index (χ3n) is 5.71. The summed E-state index contributed by atoms with van der Waals surface area (Å²) in [6.07, 6.45) is -6.98. The van der Waals surface area contributed by atoms with E-state index < -0.39 is 54.1 Å². The minimum atomic E-state index is -1.63. The molecule has 2 fully saturated rings. The molecule has 2 aliphatic rings. The third-order valence-corrected chi connectivity index (χ3v) is 7.06. The van der Waals surface area contributed by atoms with Crippen molar-refractivity contribution < 1.29 is 34.9 Å².